The molecule has 7 rings (SSSR count). The lowest BCUT2D eigenvalue weighted by Crippen LogP contribution is -2.29. The van der Waals surface area contributed by atoms with Gasteiger partial charge in [0.2, 0.25) is 5.95 Å². The van der Waals surface area contributed by atoms with Crippen LogP contribution in [0.4, 0.5) is 25.1 Å². The van der Waals surface area contributed by atoms with Crippen LogP contribution in [-0.4, -0.2) is 48.9 Å². The molecule has 1 aliphatic heterocycles. The van der Waals surface area contributed by atoms with Gasteiger partial charge in [0.25, 0.3) is 5.89 Å². The third-order valence-corrected chi connectivity index (χ3v) is 7.22. The van der Waals surface area contributed by atoms with Crippen LogP contribution in [0.15, 0.2) is 88.7 Å². The maximum atomic E-state index is 13.6. The van der Waals surface area contributed by atoms with Crippen molar-refractivity contribution < 1.29 is 22.4 Å². The Kier molecular flexibility index (Phi) is 6.84. The highest BCUT2D eigenvalue weighted by atomic mass is 19.4. The lowest BCUT2D eigenvalue weighted by molar-refractivity contribution is -0.137. The molecule has 0 saturated heterocycles. The van der Waals surface area contributed by atoms with E-state index in [1.807, 2.05) is 54.6 Å². The van der Waals surface area contributed by atoms with Crippen molar-refractivity contribution in [3.63, 3.8) is 0 Å². The summed E-state index contributed by atoms with van der Waals surface area (Å²) in [6, 6.07) is 18.1. The first-order valence-electron chi connectivity index (χ1n) is 13.8. The number of aromatic nitrogens is 5. The molecule has 10 nitrogen and oxygen atoms in total. The summed E-state index contributed by atoms with van der Waals surface area (Å²) in [5, 5.41) is 14.1. The average Bonchev–Trinajstić information content (AvgIpc) is 3.75. The highest BCUT2D eigenvalue weighted by Gasteiger charge is 2.33. The van der Waals surface area contributed by atoms with Gasteiger partial charge >= 0.3 is 12.2 Å². The molecular weight excluding hydrogens is 573 g/mol. The van der Waals surface area contributed by atoms with Crippen LogP contribution in [0.1, 0.15) is 35.1 Å². The second-order valence-electron chi connectivity index (χ2n) is 10.4. The Morgan fingerprint density at radius 1 is 0.818 bits per heavy atom. The maximum Gasteiger partial charge on any atom is 0.417 e. The summed E-state index contributed by atoms with van der Waals surface area (Å²) in [5.41, 5.74) is 2.48. The predicted molar refractivity (Wildman–Crippen MR) is 155 cm³/mol. The smallest absolute Gasteiger partial charge is 0.402 e. The van der Waals surface area contributed by atoms with E-state index >= 15 is 0 Å². The van der Waals surface area contributed by atoms with E-state index in [4.69, 9.17) is 9.41 Å². The number of ketones is 1. The molecule has 1 atom stereocenters. The van der Waals surface area contributed by atoms with Gasteiger partial charge < -0.3 is 15.1 Å². The van der Waals surface area contributed by atoms with Crippen molar-refractivity contribution in [3.05, 3.63) is 102 Å². The van der Waals surface area contributed by atoms with Crippen LogP contribution in [0.2, 0.25) is 0 Å². The number of nitrogens with zero attached hydrogens (tertiary/aromatic N) is 6. The Morgan fingerprint density at radius 2 is 1.57 bits per heavy atom. The summed E-state index contributed by atoms with van der Waals surface area (Å²) in [4.78, 5) is 30.6. The standard InChI is InChI=1S/C31H23F3N8O2/c32-31(33,34)20-13-23(19-14-36-29(37-15-19)38-21-10-11-21)26(35-16-20)28-41-42-30(44-28)40-27-24(43)12-18-8-4-5-9-22(18)25(39-27)17-6-2-1-3-7-17/h1-9,13-16,21,27H,10-12H2,(H,40,42)(H,36,37,38). The van der Waals surface area contributed by atoms with Crippen molar-refractivity contribution in [1.82, 2.24) is 25.1 Å². The third kappa shape index (κ3) is 5.63. The number of Topliss-reactive ketones (excluding diaryl/α,β-unsaturated/α-hetero) is 1. The highest BCUT2D eigenvalue weighted by molar-refractivity contribution is 6.16. The van der Waals surface area contributed by atoms with Gasteiger partial charge in [-0.15, -0.1) is 5.10 Å². The topological polar surface area (TPSA) is 131 Å². The minimum Gasteiger partial charge on any atom is -0.402 e. The van der Waals surface area contributed by atoms with Crippen molar-refractivity contribution in [2.45, 2.75) is 37.6 Å². The van der Waals surface area contributed by atoms with Gasteiger partial charge in [-0.25, -0.2) is 15.0 Å². The van der Waals surface area contributed by atoms with Gasteiger partial charge in [0.1, 0.15) is 5.69 Å². The number of carbonyl (C=O) groups excluding carboxylic acids is 1. The molecule has 1 saturated carbocycles. The van der Waals surface area contributed by atoms with Gasteiger partial charge in [0.05, 0.1) is 11.3 Å². The third-order valence-electron chi connectivity index (χ3n) is 7.22. The molecule has 2 aromatic carbocycles. The molecule has 0 spiro atoms. The largest absolute Gasteiger partial charge is 0.417 e. The number of anilines is 2. The van der Waals surface area contributed by atoms with Crippen LogP contribution in [0.5, 0.6) is 0 Å². The normalized spacial score (nSPS) is 16.6. The number of benzene rings is 2. The molecule has 5 aromatic rings. The van der Waals surface area contributed by atoms with Gasteiger partial charge in [-0.2, -0.15) is 13.2 Å². The fourth-order valence-corrected chi connectivity index (χ4v) is 4.86. The number of pyridine rings is 1. The van der Waals surface area contributed by atoms with E-state index in [9.17, 15) is 18.0 Å². The van der Waals surface area contributed by atoms with Crippen molar-refractivity contribution in [1.29, 1.82) is 0 Å². The van der Waals surface area contributed by atoms with Crippen molar-refractivity contribution in [2.24, 2.45) is 4.99 Å². The van der Waals surface area contributed by atoms with E-state index in [2.05, 4.69) is 35.8 Å². The molecule has 2 N–H and O–H groups in total. The van der Waals surface area contributed by atoms with Gasteiger partial charge in [0, 0.05) is 53.3 Å². The maximum absolute atomic E-state index is 13.6. The number of alkyl halides is 3. The average molecular weight is 597 g/mol. The fraction of sp³-hybridized carbons (Fsp3) is 0.194. The SMILES string of the molecule is O=C1Cc2ccccc2C(c2ccccc2)=NC1Nc1nnc(-c2ncc(C(F)(F)F)cc2-c2cnc(NC3CC3)nc2)o1. The molecule has 1 fully saturated rings. The zero-order chi connectivity index (χ0) is 30.3. The first-order chi connectivity index (χ1) is 21.3. The first-order valence-corrected chi connectivity index (χ1v) is 13.8. The highest BCUT2D eigenvalue weighted by Crippen LogP contribution is 2.36. The van der Waals surface area contributed by atoms with E-state index in [1.165, 1.54) is 12.4 Å². The molecule has 0 radical (unpaired) electrons. The van der Waals surface area contributed by atoms with Crippen molar-refractivity contribution in [2.75, 3.05) is 10.6 Å². The van der Waals surface area contributed by atoms with E-state index in [0.717, 1.165) is 35.6 Å². The summed E-state index contributed by atoms with van der Waals surface area (Å²) in [5.74, 6) is -0.00537. The van der Waals surface area contributed by atoms with Gasteiger partial charge in [-0.3, -0.25) is 9.79 Å². The predicted octanol–water partition coefficient (Wildman–Crippen LogP) is 5.58. The zero-order valence-electron chi connectivity index (χ0n) is 22.9. The molecule has 0 amide bonds. The minimum absolute atomic E-state index is 0.00174. The fourth-order valence-electron chi connectivity index (χ4n) is 4.86. The molecule has 2 aliphatic rings. The molecule has 4 heterocycles. The summed E-state index contributed by atoms with van der Waals surface area (Å²) < 4.78 is 46.7. The molecule has 220 valence electrons. The molecule has 13 heteroatoms. The number of fused-ring (bicyclic) bond motifs is 1. The quantitative estimate of drug-likeness (QED) is 0.247. The number of hydrogen-bond acceptors (Lipinski definition) is 10. The lowest BCUT2D eigenvalue weighted by Gasteiger charge is -2.12. The van der Waals surface area contributed by atoms with Crippen LogP contribution in [0, 0.1) is 0 Å². The van der Waals surface area contributed by atoms with E-state index in [1.54, 1.807) is 0 Å². The van der Waals surface area contributed by atoms with Crippen molar-refractivity contribution in [3.8, 4) is 22.7 Å². The Labute approximate surface area is 248 Å². The zero-order valence-corrected chi connectivity index (χ0v) is 22.9. The Balaban J connectivity index is 1.22. The second kappa shape index (κ2) is 11.0. The summed E-state index contributed by atoms with van der Waals surface area (Å²) in [6.45, 7) is 0. The first kappa shape index (κ1) is 27.4. The van der Waals surface area contributed by atoms with Crippen LogP contribution in [0.3, 0.4) is 0 Å². The van der Waals surface area contributed by atoms with Gasteiger partial charge in [-0.1, -0.05) is 59.7 Å². The molecule has 44 heavy (non-hydrogen) atoms. The molecular formula is C31H23F3N8O2. The summed E-state index contributed by atoms with van der Waals surface area (Å²) >= 11 is 0. The molecule has 1 unspecified atom stereocenters. The molecule has 1 aliphatic carbocycles. The van der Waals surface area contributed by atoms with Crippen molar-refractivity contribution >= 4 is 23.5 Å². The second-order valence-corrected chi connectivity index (χ2v) is 10.4. The van der Waals surface area contributed by atoms with Gasteiger partial charge in [-0.05, 0) is 24.5 Å². The van der Waals surface area contributed by atoms with E-state index in [0.29, 0.717) is 23.9 Å². The summed E-state index contributed by atoms with van der Waals surface area (Å²) in [6.07, 6.45) is -0.0384. The Bertz CT molecular complexity index is 1870. The number of hydrogen-bond donors (Lipinski definition) is 2. The Hall–Kier alpha value is -5.46. The Morgan fingerprint density at radius 3 is 2.32 bits per heavy atom. The van der Waals surface area contributed by atoms with Crippen LogP contribution in [-0.2, 0) is 17.4 Å². The monoisotopic (exact) mass is 596 g/mol. The molecule has 3 aromatic heterocycles. The van der Waals surface area contributed by atoms with Crippen LogP contribution < -0.4 is 10.6 Å². The number of halogens is 3. The number of carbonyl (C=O) groups is 1. The van der Waals surface area contributed by atoms with Gasteiger partial charge in [0.15, 0.2) is 11.9 Å². The number of nitrogens with one attached hydrogen (secondary N) is 2. The lowest BCUT2D eigenvalue weighted by atomic mass is 9.96. The minimum atomic E-state index is -4.64. The number of aliphatic imine (C=N–C) groups is 1. The van der Waals surface area contributed by atoms with E-state index in [-0.39, 0.29) is 40.9 Å². The van der Waals surface area contributed by atoms with E-state index < -0.39 is 17.9 Å². The van der Waals surface area contributed by atoms with Crippen LogP contribution >= 0.6 is 0 Å². The molecule has 0 bridgehead atoms. The summed E-state index contributed by atoms with van der Waals surface area (Å²) in [7, 11) is 0. The number of rotatable bonds is 7. The van der Waals surface area contributed by atoms with Crippen LogP contribution in [0.25, 0.3) is 22.7 Å².